The van der Waals surface area contributed by atoms with Gasteiger partial charge in [-0.25, -0.2) is 0 Å². The molecule has 1 aromatic carbocycles. The quantitative estimate of drug-likeness (QED) is 0.788. The molecular formula is C13H14F3NO2. The molecule has 1 amide bonds. The van der Waals surface area contributed by atoms with E-state index in [4.69, 9.17) is 0 Å². The fourth-order valence-electron chi connectivity index (χ4n) is 1.50. The summed E-state index contributed by atoms with van der Waals surface area (Å²) < 4.78 is 39.6. The molecule has 0 heterocycles. The standard InChI is InChI=1S/C13H14F3NO2/c1-9(2)8-17(3)12(18)10-4-6-11(7-5-10)19-13(14,15)16/h4-7H,1,8H2,2-3H3. The minimum Gasteiger partial charge on any atom is -0.406 e. The lowest BCUT2D eigenvalue weighted by atomic mass is 10.2. The Labute approximate surface area is 109 Å². The minimum absolute atomic E-state index is 0.290. The zero-order chi connectivity index (χ0) is 14.6. The molecule has 3 nitrogen and oxygen atoms in total. The number of hydrogen-bond acceptors (Lipinski definition) is 2. The highest BCUT2D eigenvalue weighted by Crippen LogP contribution is 2.23. The van der Waals surface area contributed by atoms with Crippen LogP contribution >= 0.6 is 0 Å². The molecule has 1 rings (SSSR count). The predicted octanol–water partition coefficient (Wildman–Crippen LogP) is 3.23. The number of ether oxygens (including phenoxy) is 1. The average Bonchev–Trinajstić information content (AvgIpc) is 2.26. The van der Waals surface area contributed by atoms with Crippen molar-refractivity contribution in [3.8, 4) is 5.75 Å². The van der Waals surface area contributed by atoms with Crippen LogP contribution in [-0.4, -0.2) is 30.8 Å². The van der Waals surface area contributed by atoms with Gasteiger partial charge in [0.1, 0.15) is 5.75 Å². The van der Waals surface area contributed by atoms with Gasteiger partial charge in [-0.05, 0) is 31.2 Å². The summed E-state index contributed by atoms with van der Waals surface area (Å²) in [6.07, 6.45) is -4.73. The minimum atomic E-state index is -4.73. The van der Waals surface area contributed by atoms with Crippen LogP contribution < -0.4 is 4.74 Å². The van der Waals surface area contributed by atoms with E-state index >= 15 is 0 Å². The van der Waals surface area contributed by atoms with Crippen molar-refractivity contribution >= 4 is 5.91 Å². The number of amides is 1. The van der Waals surface area contributed by atoms with Gasteiger partial charge in [-0.2, -0.15) is 0 Å². The summed E-state index contributed by atoms with van der Waals surface area (Å²) >= 11 is 0. The molecule has 0 saturated heterocycles. The molecule has 0 aliphatic carbocycles. The van der Waals surface area contributed by atoms with Gasteiger partial charge < -0.3 is 9.64 Å². The highest BCUT2D eigenvalue weighted by molar-refractivity contribution is 5.94. The van der Waals surface area contributed by atoms with Crippen LogP contribution in [0.3, 0.4) is 0 Å². The summed E-state index contributed by atoms with van der Waals surface area (Å²) in [4.78, 5) is 13.3. The van der Waals surface area contributed by atoms with E-state index < -0.39 is 6.36 Å². The SMILES string of the molecule is C=C(C)CN(C)C(=O)c1ccc(OC(F)(F)F)cc1. The van der Waals surface area contributed by atoms with E-state index in [1.165, 1.54) is 17.0 Å². The summed E-state index contributed by atoms with van der Waals surface area (Å²) in [5.74, 6) is -0.645. The van der Waals surface area contributed by atoms with E-state index in [0.29, 0.717) is 12.1 Å². The predicted molar refractivity (Wildman–Crippen MR) is 64.9 cm³/mol. The largest absolute Gasteiger partial charge is 0.573 e. The Balaban J connectivity index is 2.76. The number of alkyl halides is 3. The number of halogens is 3. The molecule has 0 bridgehead atoms. The highest BCUT2D eigenvalue weighted by Gasteiger charge is 2.31. The van der Waals surface area contributed by atoms with Crippen LogP contribution in [0.5, 0.6) is 5.75 Å². The molecule has 0 aliphatic rings. The number of benzene rings is 1. The Hall–Kier alpha value is -1.98. The van der Waals surface area contributed by atoms with Crippen LogP contribution in [0.1, 0.15) is 17.3 Å². The monoisotopic (exact) mass is 273 g/mol. The molecule has 19 heavy (non-hydrogen) atoms. The Morgan fingerprint density at radius 1 is 1.32 bits per heavy atom. The molecule has 104 valence electrons. The molecule has 0 aliphatic heterocycles. The van der Waals surface area contributed by atoms with Gasteiger partial charge >= 0.3 is 6.36 Å². The maximum absolute atomic E-state index is 12.0. The number of carbonyl (C=O) groups is 1. The van der Waals surface area contributed by atoms with Crippen molar-refractivity contribution in [3.05, 3.63) is 42.0 Å². The Morgan fingerprint density at radius 3 is 2.26 bits per heavy atom. The van der Waals surface area contributed by atoms with Crippen molar-refractivity contribution < 1.29 is 22.7 Å². The second-order valence-corrected chi connectivity index (χ2v) is 4.19. The van der Waals surface area contributed by atoms with Gasteiger partial charge in [0.2, 0.25) is 0 Å². The van der Waals surface area contributed by atoms with Crippen LogP contribution in [0.4, 0.5) is 13.2 Å². The number of carbonyl (C=O) groups excluding carboxylic acids is 1. The fourth-order valence-corrected chi connectivity index (χ4v) is 1.50. The van der Waals surface area contributed by atoms with Crippen molar-refractivity contribution in [1.29, 1.82) is 0 Å². The zero-order valence-corrected chi connectivity index (χ0v) is 10.6. The zero-order valence-electron chi connectivity index (χ0n) is 10.6. The van der Waals surface area contributed by atoms with Crippen molar-refractivity contribution in [3.63, 3.8) is 0 Å². The molecule has 0 saturated carbocycles. The summed E-state index contributed by atoms with van der Waals surface area (Å²) in [7, 11) is 1.59. The molecule has 0 unspecified atom stereocenters. The lowest BCUT2D eigenvalue weighted by molar-refractivity contribution is -0.274. The summed E-state index contributed by atoms with van der Waals surface area (Å²) in [5.41, 5.74) is 1.10. The van der Waals surface area contributed by atoms with E-state index in [1.54, 1.807) is 14.0 Å². The van der Waals surface area contributed by atoms with Crippen molar-refractivity contribution in [1.82, 2.24) is 4.90 Å². The van der Waals surface area contributed by atoms with Gasteiger partial charge in [0.25, 0.3) is 5.91 Å². The molecule has 0 radical (unpaired) electrons. The molecule has 0 spiro atoms. The number of nitrogens with zero attached hydrogens (tertiary/aromatic N) is 1. The summed E-state index contributed by atoms with van der Waals surface area (Å²) in [6.45, 7) is 5.86. The molecule has 1 aromatic rings. The number of rotatable bonds is 4. The smallest absolute Gasteiger partial charge is 0.406 e. The van der Waals surface area contributed by atoms with Crippen LogP contribution in [0, 0.1) is 0 Å². The first-order valence-corrected chi connectivity index (χ1v) is 5.44. The maximum Gasteiger partial charge on any atom is 0.573 e. The maximum atomic E-state index is 12.0. The van der Waals surface area contributed by atoms with Crippen LogP contribution in [0.25, 0.3) is 0 Å². The number of hydrogen-bond donors (Lipinski definition) is 0. The van der Waals surface area contributed by atoms with Gasteiger partial charge in [0.05, 0.1) is 0 Å². The third-order valence-corrected chi connectivity index (χ3v) is 2.19. The number of likely N-dealkylation sites (N-methyl/N-ethyl adjacent to an activating group) is 1. The summed E-state index contributed by atoms with van der Waals surface area (Å²) in [5, 5.41) is 0. The van der Waals surface area contributed by atoms with Crippen LogP contribution in [-0.2, 0) is 0 Å². The Kier molecular flexibility index (Phi) is 4.58. The normalized spacial score (nSPS) is 11.0. The first-order valence-electron chi connectivity index (χ1n) is 5.44. The van der Waals surface area contributed by atoms with Gasteiger partial charge in [-0.3, -0.25) is 4.79 Å². The van der Waals surface area contributed by atoms with E-state index in [1.807, 2.05) is 0 Å². The van der Waals surface area contributed by atoms with Crippen molar-refractivity contribution in [2.75, 3.05) is 13.6 Å². The van der Waals surface area contributed by atoms with Gasteiger partial charge in [0.15, 0.2) is 0 Å². The van der Waals surface area contributed by atoms with Crippen LogP contribution in [0.15, 0.2) is 36.4 Å². The van der Waals surface area contributed by atoms with E-state index in [0.717, 1.165) is 17.7 Å². The first kappa shape index (κ1) is 15.1. The first-order chi connectivity index (χ1) is 8.69. The Morgan fingerprint density at radius 2 is 1.84 bits per heavy atom. The molecule has 0 atom stereocenters. The lowest BCUT2D eigenvalue weighted by Crippen LogP contribution is -2.28. The summed E-state index contributed by atoms with van der Waals surface area (Å²) in [6, 6.07) is 4.79. The van der Waals surface area contributed by atoms with Gasteiger partial charge in [-0.15, -0.1) is 13.2 Å². The topological polar surface area (TPSA) is 29.5 Å². The van der Waals surface area contributed by atoms with Gasteiger partial charge in [-0.1, -0.05) is 12.2 Å². The molecule has 0 N–H and O–H groups in total. The third-order valence-electron chi connectivity index (χ3n) is 2.19. The molecule has 0 fully saturated rings. The van der Waals surface area contributed by atoms with Crippen molar-refractivity contribution in [2.45, 2.75) is 13.3 Å². The van der Waals surface area contributed by atoms with Crippen molar-refractivity contribution in [2.24, 2.45) is 0 Å². The van der Waals surface area contributed by atoms with E-state index in [-0.39, 0.29) is 11.7 Å². The second-order valence-electron chi connectivity index (χ2n) is 4.19. The fraction of sp³-hybridized carbons (Fsp3) is 0.308. The average molecular weight is 273 g/mol. The second kappa shape index (κ2) is 5.77. The third kappa shape index (κ3) is 5.03. The van der Waals surface area contributed by atoms with Crippen LogP contribution in [0.2, 0.25) is 0 Å². The Bertz CT molecular complexity index is 466. The molecule has 0 aromatic heterocycles. The molecule has 6 heteroatoms. The molecular weight excluding hydrogens is 259 g/mol. The van der Waals surface area contributed by atoms with Gasteiger partial charge in [0, 0.05) is 19.2 Å². The highest BCUT2D eigenvalue weighted by atomic mass is 19.4. The van der Waals surface area contributed by atoms with E-state index in [9.17, 15) is 18.0 Å². The van der Waals surface area contributed by atoms with E-state index in [2.05, 4.69) is 11.3 Å². The lowest BCUT2D eigenvalue weighted by Gasteiger charge is -2.17.